The van der Waals surface area contributed by atoms with Crippen LogP contribution >= 0.6 is 0 Å². The number of ether oxygens (including phenoxy) is 3. The van der Waals surface area contributed by atoms with E-state index in [9.17, 15) is 9.90 Å². The molecule has 1 heterocycles. The molecule has 0 aromatic rings. The van der Waals surface area contributed by atoms with E-state index in [0.717, 1.165) is 12.8 Å². The van der Waals surface area contributed by atoms with Gasteiger partial charge in [-0.1, -0.05) is 73.8 Å². The van der Waals surface area contributed by atoms with Gasteiger partial charge >= 0.3 is 5.97 Å². The lowest BCUT2D eigenvalue weighted by molar-refractivity contribution is -0.183. The summed E-state index contributed by atoms with van der Waals surface area (Å²) in [7, 11) is 0. The van der Waals surface area contributed by atoms with Crippen LogP contribution in [-0.2, 0) is 19.0 Å². The molecule has 0 aliphatic carbocycles. The van der Waals surface area contributed by atoms with Crippen molar-refractivity contribution in [3.05, 3.63) is 0 Å². The van der Waals surface area contributed by atoms with Crippen molar-refractivity contribution in [2.45, 2.75) is 138 Å². The lowest BCUT2D eigenvalue weighted by Gasteiger charge is -2.30. The minimum atomic E-state index is -0.514. The lowest BCUT2D eigenvalue weighted by atomic mass is 10.00. The molecular weight excluding hydrogens is 344 g/mol. The maximum atomic E-state index is 10.8. The Labute approximate surface area is 175 Å². The van der Waals surface area contributed by atoms with Gasteiger partial charge in [-0.3, -0.25) is 4.79 Å². The van der Waals surface area contributed by atoms with Crippen molar-refractivity contribution < 1.29 is 24.1 Å². The first kappa shape index (κ1) is 56.3. The summed E-state index contributed by atoms with van der Waals surface area (Å²) in [6, 6.07) is 0. The van der Waals surface area contributed by atoms with E-state index in [-0.39, 0.29) is 91.1 Å². The van der Waals surface area contributed by atoms with Crippen molar-refractivity contribution in [1.82, 2.24) is 0 Å². The Balaban J connectivity index is -0.0000000514. The van der Waals surface area contributed by atoms with Gasteiger partial charge in [0.05, 0.1) is 18.3 Å². The van der Waals surface area contributed by atoms with Gasteiger partial charge in [-0.25, -0.2) is 0 Å². The van der Waals surface area contributed by atoms with E-state index in [4.69, 9.17) is 14.2 Å². The maximum absolute atomic E-state index is 10.8. The summed E-state index contributed by atoms with van der Waals surface area (Å²) in [5.41, 5.74) is 0. The predicted molar refractivity (Wildman–Crippen MR) is 127 cm³/mol. The van der Waals surface area contributed by atoms with E-state index in [1.165, 1.54) is 6.92 Å². The highest BCUT2D eigenvalue weighted by Crippen LogP contribution is 2.21. The molecule has 1 saturated heterocycles. The molecule has 0 aromatic heterocycles. The van der Waals surface area contributed by atoms with Crippen LogP contribution in [0.4, 0.5) is 0 Å². The van der Waals surface area contributed by atoms with Gasteiger partial charge in [-0.15, -0.1) is 0 Å². The first-order valence-electron chi connectivity index (χ1n) is 6.59. The second-order valence-electron chi connectivity index (χ2n) is 4.88. The molecule has 5 nitrogen and oxygen atoms in total. The van der Waals surface area contributed by atoms with Crippen LogP contribution in [0.25, 0.3) is 0 Å². The number of esters is 1. The van der Waals surface area contributed by atoms with E-state index in [2.05, 4.69) is 6.92 Å². The van der Waals surface area contributed by atoms with E-state index in [1.807, 2.05) is 0 Å². The molecule has 4 unspecified atom stereocenters. The molecule has 1 aliphatic rings. The molecule has 0 spiro atoms. The average molecular weight is 405 g/mol. The van der Waals surface area contributed by atoms with Crippen LogP contribution in [0.3, 0.4) is 0 Å². The van der Waals surface area contributed by atoms with E-state index in [0.29, 0.717) is 19.6 Å². The van der Waals surface area contributed by atoms with Gasteiger partial charge in [0.2, 0.25) is 0 Å². The van der Waals surface area contributed by atoms with Crippen LogP contribution < -0.4 is 0 Å². The first-order chi connectivity index (χ1) is 8.51. The highest BCUT2D eigenvalue weighted by Gasteiger charge is 2.25. The normalized spacial score (nSPS) is 18.4. The number of carbonyl (C=O) groups is 1. The third-order valence-electron chi connectivity index (χ3n) is 3.09. The maximum Gasteiger partial charge on any atom is 0.302 e. The van der Waals surface area contributed by atoms with Crippen molar-refractivity contribution in [3.8, 4) is 0 Å². The topological polar surface area (TPSA) is 65.0 Å². The van der Waals surface area contributed by atoms with Crippen molar-refractivity contribution in [2.75, 3.05) is 6.79 Å². The SMILES string of the molecule is C.C.C.C.C.C.C.C.C.CCC1CC(CC(O)CC(C)OC(C)=O)OCO1. The Bertz CT molecular complexity index is 259. The molecule has 27 heavy (non-hydrogen) atoms. The molecule has 0 aromatic carbocycles. The number of rotatable bonds is 6. The Morgan fingerprint density at radius 1 is 1.00 bits per heavy atom. The molecule has 0 bridgehead atoms. The molecule has 4 atom stereocenters. The van der Waals surface area contributed by atoms with Crippen LogP contribution in [0.1, 0.15) is 113 Å². The van der Waals surface area contributed by atoms with Crippen molar-refractivity contribution in [3.63, 3.8) is 0 Å². The molecular formula is C22H60O5. The summed E-state index contributed by atoms with van der Waals surface area (Å²) in [6.07, 6.45) is 2.25. The summed E-state index contributed by atoms with van der Waals surface area (Å²) in [5.74, 6) is -0.317. The van der Waals surface area contributed by atoms with Gasteiger partial charge in [0.15, 0.2) is 0 Å². The van der Waals surface area contributed by atoms with E-state index in [1.54, 1.807) is 6.92 Å². The zero-order chi connectivity index (χ0) is 13.5. The second-order valence-corrected chi connectivity index (χ2v) is 4.88. The monoisotopic (exact) mass is 404 g/mol. The Morgan fingerprint density at radius 3 is 1.85 bits per heavy atom. The van der Waals surface area contributed by atoms with E-state index >= 15 is 0 Å². The number of hydrogen-bond acceptors (Lipinski definition) is 5. The van der Waals surface area contributed by atoms with E-state index < -0.39 is 6.10 Å². The fraction of sp³-hybridized carbons (Fsp3) is 0.955. The summed E-state index contributed by atoms with van der Waals surface area (Å²) in [5, 5.41) is 9.93. The molecule has 5 heteroatoms. The molecule has 1 fully saturated rings. The molecule has 0 amide bonds. The van der Waals surface area contributed by atoms with Crippen LogP contribution in [0.2, 0.25) is 0 Å². The summed E-state index contributed by atoms with van der Waals surface area (Å²) in [4.78, 5) is 10.8. The van der Waals surface area contributed by atoms with Gasteiger partial charge in [0.25, 0.3) is 0 Å². The highest BCUT2D eigenvalue weighted by atomic mass is 16.7. The van der Waals surface area contributed by atoms with Crippen molar-refractivity contribution in [2.24, 2.45) is 0 Å². The molecule has 178 valence electrons. The third kappa shape index (κ3) is 25.3. The first-order valence-corrected chi connectivity index (χ1v) is 6.59. The molecule has 0 saturated carbocycles. The van der Waals surface area contributed by atoms with Gasteiger partial charge in [0, 0.05) is 19.8 Å². The second kappa shape index (κ2) is 30.1. The van der Waals surface area contributed by atoms with Gasteiger partial charge in [-0.05, 0) is 19.8 Å². The van der Waals surface area contributed by atoms with Gasteiger partial charge < -0.3 is 19.3 Å². The highest BCUT2D eigenvalue weighted by molar-refractivity contribution is 5.66. The molecule has 1 aliphatic heterocycles. The Hall–Kier alpha value is -0.650. The fourth-order valence-electron chi connectivity index (χ4n) is 2.22. The smallest absolute Gasteiger partial charge is 0.302 e. The number of hydrogen-bond donors (Lipinski definition) is 1. The fourth-order valence-corrected chi connectivity index (χ4v) is 2.22. The van der Waals surface area contributed by atoms with Crippen molar-refractivity contribution >= 4 is 5.97 Å². The average Bonchev–Trinajstić information content (AvgIpc) is 2.27. The summed E-state index contributed by atoms with van der Waals surface area (Å²) < 4.78 is 15.8. The van der Waals surface area contributed by atoms with Gasteiger partial charge in [-0.2, -0.15) is 0 Å². The lowest BCUT2D eigenvalue weighted by Crippen LogP contribution is -2.34. The summed E-state index contributed by atoms with van der Waals surface area (Å²) in [6.45, 7) is 5.53. The van der Waals surface area contributed by atoms with Crippen LogP contribution in [0.15, 0.2) is 0 Å². The molecule has 1 rings (SSSR count). The zero-order valence-electron chi connectivity index (χ0n) is 11.4. The number of carbonyl (C=O) groups excluding carboxylic acids is 1. The molecule has 0 radical (unpaired) electrons. The quantitative estimate of drug-likeness (QED) is 0.469. The number of aliphatic hydroxyl groups excluding tert-OH is 1. The largest absolute Gasteiger partial charge is 0.463 e. The molecule has 1 N–H and O–H groups in total. The van der Waals surface area contributed by atoms with Crippen molar-refractivity contribution in [1.29, 1.82) is 0 Å². The third-order valence-corrected chi connectivity index (χ3v) is 3.09. The van der Waals surface area contributed by atoms with Crippen LogP contribution in [0.5, 0.6) is 0 Å². The minimum Gasteiger partial charge on any atom is -0.463 e. The Kier molecular flexibility index (Phi) is 62.7. The van der Waals surface area contributed by atoms with Crippen LogP contribution in [-0.4, -0.2) is 42.3 Å². The Morgan fingerprint density at radius 2 is 1.44 bits per heavy atom. The number of aliphatic hydroxyl groups is 1. The predicted octanol–water partition coefficient (Wildman–Crippen LogP) is 7.35. The van der Waals surface area contributed by atoms with Crippen LogP contribution in [0, 0.1) is 0 Å². The standard InChI is InChI=1S/C13H24O5.9CH4/c1-4-12-7-13(17-8-16-12)6-11(15)5-9(2)18-10(3)14;;;;;;;;;/h9,11-13,15H,4-8H2,1-3H3;9*1H4. The summed E-state index contributed by atoms with van der Waals surface area (Å²) >= 11 is 0. The minimum absolute atomic E-state index is 0. The van der Waals surface area contributed by atoms with Gasteiger partial charge in [0.1, 0.15) is 12.9 Å². The zero-order valence-corrected chi connectivity index (χ0v) is 11.4.